The van der Waals surface area contributed by atoms with E-state index < -0.39 is 5.97 Å². The van der Waals surface area contributed by atoms with Gasteiger partial charge in [-0.1, -0.05) is 6.92 Å². The van der Waals surface area contributed by atoms with Crippen LogP contribution in [0.5, 0.6) is 0 Å². The van der Waals surface area contributed by atoms with E-state index in [-0.39, 0.29) is 30.3 Å². The third-order valence-corrected chi connectivity index (χ3v) is 3.64. The highest BCUT2D eigenvalue weighted by Gasteiger charge is 2.33. The summed E-state index contributed by atoms with van der Waals surface area (Å²) in [5.74, 6) is -1.03. The standard InChI is InChI=1S/C13H23NO4/c1-9(8-15)3-2-6-14-12(16)10-4-5-11(7-10)13(17)18/h9-11,15H,2-8H2,1H3,(H,14,16)(H,17,18). The highest BCUT2D eigenvalue weighted by atomic mass is 16.4. The largest absolute Gasteiger partial charge is 0.481 e. The Bertz CT molecular complexity index is 293. The minimum Gasteiger partial charge on any atom is -0.481 e. The predicted molar refractivity (Wildman–Crippen MR) is 67.0 cm³/mol. The summed E-state index contributed by atoms with van der Waals surface area (Å²) in [6.45, 7) is 2.75. The van der Waals surface area contributed by atoms with Gasteiger partial charge in [0.05, 0.1) is 5.92 Å². The van der Waals surface area contributed by atoms with Gasteiger partial charge in [0.25, 0.3) is 0 Å². The van der Waals surface area contributed by atoms with Crippen LogP contribution in [-0.2, 0) is 9.59 Å². The molecule has 5 nitrogen and oxygen atoms in total. The number of carboxylic acid groups (broad SMARTS) is 1. The van der Waals surface area contributed by atoms with Crippen LogP contribution in [0.3, 0.4) is 0 Å². The molecule has 1 fully saturated rings. The van der Waals surface area contributed by atoms with Crippen molar-refractivity contribution >= 4 is 11.9 Å². The van der Waals surface area contributed by atoms with Crippen LogP contribution in [0, 0.1) is 17.8 Å². The molecule has 0 aromatic rings. The van der Waals surface area contributed by atoms with Gasteiger partial charge >= 0.3 is 5.97 Å². The van der Waals surface area contributed by atoms with Crippen LogP contribution in [0.25, 0.3) is 0 Å². The molecule has 0 heterocycles. The minimum absolute atomic E-state index is 0.0181. The number of aliphatic hydroxyl groups excluding tert-OH is 1. The van der Waals surface area contributed by atoms with E-state index in [2.05, 4.69) is 5.32 Å². The van der Waals surface area contributed by atoms with Crippen molar-refractivity contribution in [3.05, 3.63) is 0 Å². The normalized spacial score (nSPS) is 24.8. The average molecular weight is 257 g/mol. The van der Waals surface area contributed by atoms with E-state index in [1.165, 1.54) is 0 Å². The molecule has 18 heavy (non-hydrogen) atoms. The first-order valence-corrected chi connectivity index (χ1v) is 6.66. The SMILES string of the molecule is CC(CO)CCCNC(=O)C1CCC(C(=O)O)C1. The Morgan fingerprint density at radius 3 is 2.56 bits per heavy atom. The van der Waals surface area contributed by atoms with Crippen molar-refractivity contribution in [3.8, 4) is 0 Å². The van der Waals surface area contributed by atoms with Crippen molar-refractivity contribution < 1.29 is 19.8 Å². The van der Waals surface area contributed by atoms with Crippen LogP contribution in [0.15, 0.2) is 0 Å². The van der Waals surface area contributed by atoms with E-state index in [0.29, 0.717) is 25.8 Å². The summed E-state index contributed by atoms with van der Waals surface area (Å²) in [6.07, 6.45) is 3.49. The molecular formula is C13H23NO4. The molecule has 3 atom stereocenters. The van der Waals surface area contributed by atoms with Gasteiger partial charge in [0.1, 0.15) is 0 Å². The van der Waals surface area contributed by atoms with Gasteiger partial charge in [0.2, 0.25) is 5.91 Å². The fourth-order valence-electron chi connectivity index (χ4n) is 2.34. The van der Waals surface area contributed by atoms with E-state index in [1.54, 1.807) is 0 Å². The van der Waals surface area contributed by atoms with Gasteiger partial charge < -0.3 is 15.5 Å². The highest BCUT2D eigenvalue weighted by molar-refractivity contribution is 5.80. The van der Waals surface area contributed by atoms with Crippen LogP contribution < -0.4 is 5.32 Å². The lowest BCUT2D eigenvalue weighted by Gasteiger charge is -2.12. The second kappa shape index (κ2) is 7.36. The third-order valence-electron chi connectivity index (χ3n) is 3.64. The number of amides is 1. The molecule has 3 N–H and O–H groups in total. The summed E-state index contributed by atoms with van der Waals surface area (Å²) < 4.78 is 0. The second-order valence-electron chi connectivity index (χ2n) is 5.27. The lowest BCUT2D eigenvalue weighted by molar-refractivity contribution is -0.141. The van der Waals surface area contributed by atoms with E-state index >= 15 is 0 Å². The van der Waals surface area contributed by atoms with Gasteiger partial charge in [0.15, 0.2) is 0 Å². The number of hydrogen-bond acceptors (Lipinski definition) is 3. The third kappa shape index (κ3) is 4.64. The van der Waals surface area contributed by atoms with E-state index in [4.69, 9.17) is 10.2 Å². The molecule has 104 valence electrons. The average Bonchev–Trinajstić information content (AvgIpc) is 2.83. The molecule has 5 heteroatoms. The summed E-state index contributed by atoms with van der Waals surface area (Å²) in [6, 6.07) is 0. The fraction of sp³-hybridized carbons (Fsp3) is 0.846. The summed E-state index contributed by atoms with van der Waals surface area (Å²) in [5.41, 5.74) is 0. The molecule has 0 aliphatic heterocycles. The maximum atomic E-state index is 11.8. The minimum atomic E-state index is -0.790. The van der Waals surface area contributed by atoms with Crippen molar-refractivity contribution in [2.24, 2.45) is 17.8 Å². The second-order valence-corrected chi connectivity index (χ2v) is 5.27. The number of aliphatic carboxylic acids is 1. The molecule has 1 rings (SSSR count). The van der Waals surface area contributed by atoms with Crippen molar-refractivity contribution in [1.29, 1.82) is 0 Å². The lowest BCUT2D eigenvalue weighted by atomic mass is 10.0. The number of rotatable bonds is 7. The zero-order valence-electron chi connectivity index (χ0n) is 10.9. The highest BCUT2D eigenvalue weighted by Crippen LogP contribution is 2.31. The Kier molecular flexibility index (Phi) is 6.12. The molecule has 3 unspecified atom stereocenters. The topological polar surface area (TPSA) is 86.6 Å². The number of carbonyl (C=O) groups excluding carboxylic acids is 1. The maximum absolute atomic E-state index is 11.8. The molecule has 0 spiro atoms. The number of carboxylic acids is 1. The first-order valence-electron chi connectivity index (χ1n) is 6.66. The van der Waals surface area contributed by atoms with Crippen LogP contribution in [0.1, 0.15) is 39.0 Å². The summed E-state index contributed by atoms with van der Waals surface area (Å²) in [7, 11) is 0. The van der Waals surface area contributed by atoms with Crippen LogP contribution in [0.2, 0.25) is 0 Å². The zero-order chi connectivity index (χ0) is 13.5. The molecule has 1 saturated carbocycles. The van der Waals surface area contributed by atoms with E-state index in [0.717, 1.165) is 12.8 Å². The Morgan fingerprint density at radius 1 is 1.33 bits per heavy atom. The molecule has 0 aromatic carbocycles. The lowest BCUT2D eigenvalue weighted by Crippen LogP contribution is -2.30. The molecule has 1 aliphatic rings. The van der Waals surface area contributed by atoms with Crippen LogP contribution in [-0.4, -0.2) is 35.2 Å². The molecule has 1 aliphatic carbocycles. The predicted octanol–water partition coefficient (Wildman–Crippen LogP) is 1.01. The summed E-state index contributed by atoms with van der Waals surface area (Å²) in [5, 5.41) is 20.6. The molecule has 1 amide bonds. The first kappa shape index (κ1) is 15.0. The van der Waals surface area contributed by atoms with Crippen molar-refractivity contribution in [2.45, 2.75) is 39.0 Å². The van der Waals surface area contributed by atoms with Gasteiger partial charge in [-0.3, -0.25) is 9.59 Å². The van der Waals surface area contributed by atoms with Gasteiger partial charge in [-0.15, -0.1) is 0 Å². The fourth-order valence-corrected chi connectivity index (χ4v) is 2.34. The molecule has 0 aromatic heterocycles. The Labute approximate surface area is 108 Å². The van der Waals surface area contributed by atoms with Crippen molar-refractivity contribution in [1.82, 2.24) is 5.32 Å². The van der Waals surface area contributed by atoms with Crippen molar-refractivity contribution in [3.63, 3.8) is 0 Å². The molecule has 0 bridgehead atoms. The molecule has 0 saturated heterocycles. The van der Waals surface area contributed by atoms with Crippen LogP contribution in [0.4, 0.5) is 0 Å². The van der Waals surface area contributed by atoms with E-state index in [1.807, 2.05) is 6.92 Å². The van der Waals surface area contributed by atoms with Gasteiger partial charge in [0, 0.05) is 19.1 Å². The molecular weight excluding hydrogens is 234 g/mol. The quantitative estimate of drug-likeness (QED) is 0.594. The maximum Gasteiger partial charge on any atom is 0.306 e. The Hall–Kier alpha value is -1.10. The first-order chi connectivity index (χ1) is 8.54. The number of carbonyl (C=O) groups is 2. The van der Waals surface area contributed by atoms with E-state index in [9.17, 15) is 9.59 Å². The van der Waals surface area contributed by atoms with Crippen LogP contribution >= 0.6 is 0 Å². The number of nitrogens with one attached hydrogen (secondary N) is 1. The van der Waals surface area contributed by atoms with Gasteiger partial charge in [-0.2, -0.15) is 0 Å². The zero-order valence-corrected chi connectivity index (χ0v) is 10.9. The number of hydrogen-bond donors (Lipinski definition) is 3. The van der Waals surface area contributed by atoms with Crippen molar-refractivity contribution in [2.75, 3.05) is 13.2 Å². The van der Waals surface area contributed by atoms with Gasteiger partial charge in [-0.05, 0) is 38.0 Å². The van der Waals surface area contributed by atoms with Gasteiger partial charge in [-0.25, -0.2) is 0 Å². The summed E-state index contributed by atoms with van der Waals surface area (Å²) >= 11 is 0. The smallest absolute Gasteiger partial charge is 0.306 e. The molecule has 0 radical (unpaired) electrons. The number of aliphatic hydroxyl groups is 1. The monoisotopic (exact) mass is 257 g/mol. The Morgan fingerprint density at radius 2 is 2.00 bits per heavy atom. The Balaban J connectivity index is 2.16. The summed E-state index contributed by atoms with van der Waals surface area (Å²) in [4.78, 5) is 22.6.